The van der Waals surface area contributed by atoms with Crippen LogP contribution in [0.4, 0.5) is 11.6 Å². The Bertz CT molecular complexity index is 422. The number of hydrogen-bond donors (Lipinski definition) is 1. The van der Waals surface area contributed by atoms with Gasteiger partial charge in [0.2, 0.25) is 0 Å². The van der Waals surface area contributed by atoms with E-state index in [4.69, 9.17) is 5.26 Å². The molecule has 0 aliphatic carbocycles. The largest absolute Gasteiger partial charge is 0.370 e. The molecular weight excluding hydrogens is 214 g/mol. The lowest BCUT2D eigenvalue weighted by atomic mass is 10.2. The second-order valence-corrected chi connectivity index (χ2v) is 3.93. The van der Waals surface area contributed by atoms with Crippen LogP contribution in [0, 0.1) is 25.2 Å². The summed E-state index contributed by atoms with van der Waals surface area (Å²) < 4.78 is 0. The van der Waals surface area contributed by atoms with E-state index in [0.717, 1.165) is 29.6 Å². The van der Waals surface area contributed by atoms with Crippen molar-refractivity contribution >= 4 is 11.6 Å². The molecule has 0 amide bonds. The average molecular weight is 233 g/mol. The van der Waals surface area contributed by atoms with Gasteiger partial charge in [-0.25, -0.2) is 9.97 Å². The smallest absolute Gasteiger partial charge is 0.137 e. The number of nitrogens with one attached hydrogen (secondary N) is 1. The van der Waals surface area contributed by atoms with Gasteiger partial charge in [-0.05, 0) is 20.8 Å². The van der Waals surface area contributed by atoms with Crippen LogP contribution in [0.25, 0.3) is 0 Å². The van der Waals surface area contributed by atoms with Gasteiger partial charge in [0.1, 0.15) is 17.5 Å². The molecule has 1 aromatic rings. The van der Waals surface area contributed by atoms with E-state index in [1.165, 1.54) is 0 Å². The summed E-state index contributed by atoms with van der Waals surface area (Å²) in [6.45, 7) is 7.42. The van der Waals surface area contributed by atoms with Gasteiger partial charge < -0.3 is 10.2 Å². The van der Waals surface area contributed by atoms with Crippen molar-refractivity contribution in [1.29, 1.82) is 5.26 Å². The molecule has 0 saturated heterocycles. The Labute approximate surface area is 102 Å². The second kappa shape index (κ2) is 6.04. The zero-order valence-electron chi connectivity index (χ0n) is 10.9. The highest BCUT2D eigenvalue weighted by molar-refractivity contribution is 5.58. The minimum atomic E-state index is 0.496. The summed E-state index contributed by atoms with van der Waals surface area (Å²) in [7, 11) is 1.95. The number of rotatable bonds is 5. The molecule has 1 N–H and O–H groups in total. The van der Waals surface area contributed by atoms with E-state index in [9.17, 15) is 0 Å². The van der Waals surface area contributed by atoms with Crippen molar-refractivity contribution < 1.29 is 0 Å². The monoisotopic (exact) mass is 233 g/mol. The van der Waals surface area contributed by atoms with E-state index in [1.54, 1.807) is 0 Å². The van der Waals surface area contributed by atoms with Crippen LogP contribution >= 0.6 is 0 Å². The number of nitriles is 1. The van der Waals surface area contributed by atoms with Crippen molar-refractivity contribution in [3.63, 3.8) is 0 Å². The molecule has 0 fully saturated rings. The van der Waals surface area contributed by atoms with Gasteiger partial charge in [0.05, 0.1) is 12.5 Å². The molecule has 5 heteroatoms. The summed E-state index contributed by atoms with van der Waals surface area (Å²) in [5.74, 6) is 2.51. The topological polar surface area (TPSA) is 64.8 Å². The Hall–Kier alpha value is -1.83. The summed E-state index contributed by atoms with van der Waals surface area (Å²) in [5, 5.41) is 11.8. The van der Waals surface area contributed by atoms with Gasteiger partial charge in [-0.1, -0.05) is 0 Å². The predicted molar refractivity (Wildman–Crippen MR) is 69.2 cm³/mol. The molecule has 1 heterocycles. The molecule has 0 radical (unpaired) electrons. The van der Waals surface area contributed by atoms with Crippen molar-refractivity contribution in [2.24, 2.45) is 0 Å². The molecular formula is C12H19N5. The maximum atomic E-state index is 8.60. The number of aryl methyl sites for hydroxylation is 1. The Morgan fingerprint density at radius 1 is 1.35 bits per heavy atom. The summed E-state index contributed by atoms with van der Waals surface area (Å²) in [6, 6.07) is 2.14. The fourth-order valence-corrected chi connectivity index (χ4v) is 1.65. The van der Waals surface area contributed by atoms with Crippen molar-refractivity contribution in [2.75, 3.05) is 30.4 Å². The molecule has 1 aromatic heterocycles. The number of nitrogens with zero attached hydrogens (tertiary/aromatic N) is 4. The summed E-state index contributed by atoms with van der Waals surface area (Å²) >= 11 is 0. The SMILES string of the molecule is CCNc1nc(C)nc(N(C)CCC#N)c1C. The minimum Gasteiger partial charge on any atom is -0.370 e. The molecule has 5 nitrogen and oxygen atoms in total. The van der Waals surface area contributed by atoms with Gasteiger partial charge in [0.15, 0.2) is 0 Å². The zero-order valence-corrected chi connectivity index (χ0v) is 10.9. The van der Waals surface area contributed by atoms with E-state index in [0.29, 0.717) is 13.0 Å². The first-order chi connectivity index (χ1) is 8.10. The van der Waals surface area contributed by atoms with Crippen molar-refractivity contribution in [3.8, 4) is 6.07 Å². The van der Waals surface area contributed by atoms with E-state index in [1.807, 2.05) is 32.7 Å². The number of aromatic nitrogens is 2. The molecule has 17 heavy (non-hydrogen) atoms. The van der Waals surface area contributed by atoms with Gasteiger partial charge in [0, 0.05) is 25.7 Å². The molecule has 0 spiro atoms. The average Bonchev–Trinajstić information content (AvgIpc) is 2.30. The molecule has 0 atom stereocenters. The third kappa shape index (κ3) is 3.31. The molecule has 0 aromatic carbocycles. The van der Waals surface area contributed by atoms with Crippen LogP contribution in [0.5, 0.6) is 0 Å². The maximum absolute atomic E-state index is 8.60. The second-order valence-electron chi connectivity index (χ2n) is 3.93. The fraction of sp³-hybridized carbons (Fsp3) is 0.583. The van der Waals surface area contributed by atoms with E-state index < -0.39 is 0 Å². The van der Waals surface area contributed by atoms with Crippen LogP contribution in [0.2, 0.25) is 0 Å². The van der Waals surface area contributed by atoms with Crippen molar-refractivity contribution in [2.45, 2.75) is 27.2 Å². The highest BCUT2D eigenvalue weighted by Gasteiger charge is 2.12. The van der Waals surface area contributed by atoms with Gasteiger partial charge in [0.25, 0.3) is 0 Å². The predicted octanol–water partition coefficient (Wildman–Crippen LogP) is 1.88. The third-order valence-electron chi connectivity index (χ3n) is 2.50. The van der Waals surface area contributed by atoms with Gasteiger partial charge in [-0.3, -0.25) is 0 Å². The molecule has 0 unspecified atom stereocenters. The minimum absolute atomic E-state index is 0.496. The van der Waals surface area contributed by atoms with Crippen molar-refractivity contribution in [1.82, 2.24) is 9.97 Å². The van der Waals surface area contributed by atoms with Crippen LogP contribution in [0.15, 0.2) is 0 Å². The number of anilines is 2. The van der Waals surface area contributed by atoms with Crippen LogP contribution in [0.1, 0.15) is 24.7 Å². The van der Waals surface area contributed by atoms with Crippen LogP contribution in [-0.4, -0.2) is 30.1 Å². The normalized spacial score (nSPS) is 9.82. The Balaban J connectivity index is 3.02. The van der Waals surface area contributed by atoms with Gasteiger partial charge in [-0.15, -0.1) is 0 Å². The molecule has 0 aliphatic rings. The first-order valence-corrected chi connectivity index (χ1v) is 5.77. The fourth-order valence-electron chi connectivity index (χ4n) is 1.65. The standard InChI is InChI=1S/C12H19N5/c1-5-14-11-9(2)12(16-10(3)15-11)17(4)8-6-7-13/h5-6,8H2,1-4H3,(H,14,15,16). The van der Waals surface area contributed by atoms with Crippen LogP contribution in [-0.2, 0) is 0 Å². The quantitative estimate of drug-likeness (QED) is 0.841. The summed E-state index contributed by atoms with van der Waals surface area (Å²) in [6.07, 6.45) is 0.496. The summed E-state index contributed by atoms with van der Waals surface area (Å²) in [4.78, 5) is 10.8. The lowest BCUT2D eigenvalue weighted by molar-refractivity contribution is 0.861. The van der Waals surface area contributed by atoms with E-state index in [-0.39, 0.29) is 0 Å². The first-order valence-electron chi connectivity index (χ1n) is 5.77. The van der Waals surface area contributed by atoms with Gasteiger partial charge >= 0.3 is 0 Å². The third-order valence-corrected chi connectivity index (χ3v) is 2.50. The summed E-state index contributed by atoms with van der Waals surface area (Å²) in [5.41, 5.74) is 1.03. The Morgan fingerprint density at radius 3 is 2.65 bits per heavy atom. The Kier molecular flexibility index (Phi) is 4.70. The van der Waals surface area contributed by atoms with Crippen LogP contribution < -0.4 is 10.2 Å². The highest BCUT2D eigenvalue weighted by atomic mass is 15.2. The maximum Gasteiger partial charge on any atom is 0.137 e. The molecule has 92 valence electrons. The van der Waals surface area contributed by atoms with Crippen LogP contribution in [0.3, 0.4) is 0 Å². The van der Waals surface area contributed by atoms with E-state index >= 15 is 0 Å². The highest BCUT2D eigenvalue weighted by Crippen LogP contribution is 2.22. The number of hydrogen-bond acceptors (Lipinski definition) is 5. The Morgan fingerprint density at radius 2 is 2.06 bits per heavy atom. The molecule has 0 bridgehead atoms. The van der Waals surface area contributed by atoms with Gasteiger partial charge in [-0.2, -0.15) is 5.26 Å². The first kappa shape index (κ1) is 13.2. The zero-order chi connectivity index (χ0) is 12.8. The lowest BCUT2D eigenvalue weighted by Crippen LogP contribution is -2.22. The molecule has 0 aliphatic heterocycles. The molecule has 0 saturated carbocycles. The van der Waals surface area contributed by atoms with Crippen molar-refractivity contribution in [3.05, 3.63) is 11.4 Å². The molecule has 1 rings (SSSR count). The van der Waals surface area contributed by atoms with E-state index in [2.05, 4.69) is 21.4 Å². The lowest BCUT2D eigenvalue weighted by Gasteiger charge is -2.20.